The lowest BCUT2D eigenvalue weighted by Crippen LogP contribution is -2.29. The van der Waals surface area contributed by atoms with Crippen LogP contribution in [0.15, 0.2) is 59.6 Å². The third kappa shape index (κ3) is 4.92. The third-order valence-corrected chi connectivity index (χ3v) is 2.97. The zero-order chi connectivity index (χ0) is 17.5. The molecule has 24 heavy (non-hydrogen) atoms. The summed E-state index contributed by atoms with van der Waals surface area (Å²) in [5.41, 5.74) is 0.618. The molecule has 124 valence electrons. The maximum absolute atomic E-state index is 11.7. The number of esters is 1. The predicted molar refractivity (Wildman–Crippen MR) is 82.6 cm³/mol. The lowest BCUT2D eigenvalue weighted by Gasteiger charge is -2.13. The lowest BCUT2D eigenvalue weighted by molar-refractivity contribution is -0.219. The Hall–Kier alpha value is -3.19. The van der Waals surface area contributed by atoms with E-state index in [1.807, 2.05) is 0 Å². The first kappa shape index (κ1) is 17.2. The molecule has 0 bridgehead atoms. The number of hydrogen-bond donors (Lipinski definition) is 2. The molecule has 1 unspecified atom stereocenters. The number of aliphatic hydroxyl groups excluding tert-OH is 1. The fourth-order valence-corrected chi connectivity index (χ4v) is 1.87. The Morgan fingerprint density at radius 1 is 1.12 bits per heavy atom. The topological polar surface area (TPSA) is 119 Å². The molecule has 0 heterocycles. The molecular weight excluding hydrogens is 314 g/mol. The summed E-state index contributed by atoms with van der Waals surface area (Å²) in [5.74, 6) is -3.09. The van der Waals surface area contributed by atoms with Gasteiger partial charge in [0.15, 0.2) is 0 Å². The number of rotatable bonds is 6. The van der Waals surface area contributed by atoms with Gasteiger partial charge < -0.3 is 20.1 Å². The van der Waals surface area contributed by atoms with Gasteiger partial charge in [-0.2, -0.15) is 0 Å². The van der Waals surface area contributed by atoms with Crippen LogP contribution in [0, 0.1) is 0 Å². The number of carboxylic acid groups (broad SMARTS) is 1. The average Bonchev–Trinajstić information content (AvgIpc) is 2.55. The van der Waals surface area contributed by atoms with Crippen molar-refractivity contribution in [2.75, 3.05) is 0 Å². The van der Waals surface area contributed by atoms with Crippen molar-refractivity contribution in [3.05, 3.63) is 65.7 Å². The van der Waals surface area contributed by atoms with E-state index in [1.54, 1.807) is 30.3 Å². The number of aromatic carboxylic acids is 1. The summed E-state index contributed by atoms with van der Waals surface area (Å²) in [4.78, 5) is 25.9. The molecule has 0 aliphatic heterocycles. The first-order valence-electron chi connectivity index (χ1n) is 6.96. The van der Waals surface area contributed by atoms with Crippen molar-refractivity contribution in [1.82, 2.24) is 0 Å². The molecule has 2 aromatic carbocycles. The van der Waals surface area contributed by atoms with E-state index < -0.39 is 24.1 Å². The van der Waals surface area contributed by atoms with E-state index in [0.29, 0.717) is 5.56 Å². The van der Waals surface area contributed by atoms with Gasteiger partial charge in [0.1, 0.15) is 5.75 Å². The van der Waals surface area contributed by atoms with E-state index in [4.69, 9.17) is 9.84 Å². The zero-order valence-corrected chi connectivity index (χ0v) is 12.5. The molecule has 2 N–H and O–H groups in total. The molecule has 0 amide bonds. The minimum atomic E-state index is -1.98. The van der Waals surface area contributed by atoms with Crippen LogP contribution >= 0.6 is 0 Å². The van der Waals surface area contributed by atoms with Gasteiger partial charge in [0.25, 0.3) is 0 Å². The SMILES string of the molecule is O=C(O)c1cccc(OC(=O)C(O)N=C([O-])Cc2ccccc2)c1. The number of benzene rings is 2. The van der Waals surface area contributed by atoms with Gasteiger partial charge in [0, 0.05) is 6.42 Å². The molecule has 0 aliphatic rings. The van der Waals surface area contributed by atoms with Crippen molar-refractivity contribution in [3.63, 3.8) is 0 Å². The summed E-state index contributed by atoms with van der Waals surface area (Å²) < 4.78 is 4.82. The molecule has 1 atom stereocenters. The number of carbonyl (C=O) groups is 2. The Kier molecular flexibility index (Phi) is 5.64. The number of carboxylic acids is 1. The van der Waals surface area contributed by atoms with Crippen LogP contribution in [0.25, 0.3) is 0 Å². The van der Waals surface area contributed by atoms with Crippen LogP contribution in [0.4, 0.5) is 0 Å². The minimum Gasteiger partial charge on any atom is -0.862 e. The zero-order valence-electron chi connectivity index (χ0n) is 12.5. The summed E-state index contributed by atoms with van der Waals surface area (Å²) >= 11 is 0. The Morgan fingerprint density at radius 2 is 1.83 bits per heavy atom. The predicted octanol–water partition coefficient (Wildman–Crippen LogP) is 0.610. The summed E-state index contributed by atoms with van der Waals surface area (Å²) in [6, 6.07) is 13.9. The van der Waals surface area contributed by atoms with E-state index in [-0.39, 0.29) is 17.7 Å². The number of aliphatic hydroxyl groups is 1. The van der Waals surface area contributed by atoms with Gasteiger partial charge in [-0.25, -0.2) is 9.59 Å². The standard InChI is InChI=1S/C17H15NO6/c19-14(9-11-5-2-1-3-6-11)18-15(20)17(23)24-13-8-4-7-12(10-13)16(21)22/h1-8,10,15,20H,9H2,(H,18,19)(H,21,22)/p-1. The molecule has 0 aliphatic carbocycles. The Balaban J connectivity index is 2.00. The molecule has 2 rings (SSSR count). The van der Waals surface area contributed by atoms with Gasteiger partial charge in [-0.1, -0.05) is 36.4 Å². The highest BCUT2D eigenvalue weighted by atomic mass is 16.6. The molecule has 0 aromatic heterocycles. The second-order valence-corrected chi connectivity index (χ2v) is 4.81. The molecule has 0 saturated carbocycles. The van der Waals surface area contributed by atoms with Crippen LogP contribution in [-0.4, -0.2) is 34.3 Å². The molecule has 7 heteroatoms. The van der Waals surface area contributed by atoms with Crippen molar-refractivity contribution in [1.29, 1.82) is 0 Å². The van der Waals surface area contributed by atoms with Crippen LogP contribution in [0.2, 0.25) is 0 Å². The van der Waals surface area contributed by atoms with Crippen LogP contribution in [0.5, 0.6) is 5.75 Å². The second-order valence-electron chi connectivity index (χ2n) is 4.81. The van der Waals surface area contributed by atoms with Crippen molar-refractivity contribution in [3.8, 4) is 5.75 Å². The maximum atomic E-state index is 11.7. The highest BCUT2D eigenvalue weighted by molar-refractivity contribution is 5.88. The van der Waals surface area contributed by atoms with Gasteiger partial charge in [0.05, 0.1) is 5.56 Å². The second kappa shape index (κ2) is 7.89. The van der Waals surface area contributed by atoms with Gasteiger partial charge in [-0.3, -0.25) is 4.99 Å². The first-order chi connectivity index (χ1) is 11.5. The number of hydrogen-bond acceptors (Lipinski definition) is 6. The van der Waals surface area contributed by atoms with Crippen LogP contribution in [-0.2, 0) is 11.2 Å². The first-order valence-corrected chi connectivity index (χ1v) is 6.96. The van der Waals surface area contributed by atoms with Crippen LogP contribution in [0.1, 0.15) is 15.9 Å². The van der Waals surface area contributed by atoms with E-state index in [1.165, 1.54) is 18.2 Å². The summed E-state index contributed by atoms with van der Waals surface area (Å²) in [6.45, 7) is 0. The van der Waals surface area contributed by atoms with Gasteiger partial charge >= 0.3 is 11.9 Å². The number of carbonyl (C=O) groups excluding carboxylic acids is 1. The van der Waals surface area contributed by atoms with E-state index in [9.17, 15) is 19.8 Å². The smallest absolute Gasteiger partial charge is 0.363 e. The maximum Gasteiger partial charge on any atom is 0.363 e. The fraction of sp³-hybridized carbons (Fsp3) is 0.118. The molecule has 0 spiro atoms. The summed E-state index contributed by atoms with van der Waals surface area (Å²) in [5, 5.41) is 30.2. The highest BCUT2D eigenvalue weighted by Crippen LogP contribution is 2.14. The third-order valence-electron chi connectivity index (χ3n) is 2.97. The van der Waals surface area contributed by atoms with Crippen molar-refractivity contribution in [2.45, 2.75) is 12.6 Å². The minimum absolute atomic E-state index is 0.0559. The molecular formula is C17H14NO6-. The number of nitrogens with zero attached hydrogens (tertiary/aromatic N) is 1. The van der Waals surface area contributed by atoms with Gasteiger partial charge in [0.2, 0.25) is 6.23 Å². The van der Waals surface area contributed by atoms with E-state index in [2.05, 4.69) is 4.99 Å². The monoisotopic (exact) mass is 328 g/mol. The van der Waals surface area contributed by atoms with Crippen molar-refractivity contribution >= 4 is 17.8 Å². The quantitative estimate of drug-likeness (QED) is 0.347. The summed E-state index contributed by atoms with van der Waals surface area (Å²) in [7, 11) is 0. The van der Waals surface area contributed by atoms with Crippen molar-refractivity contribution < 1.29 is 29.6 Å². The normalized spacial score (nSPS) is 12.5. The molecule has 0 saturated heterocycles. The number of ether oxygens (including phenoxy) is 1. The summed E-state index contributed by atoms with van der Waals surface area (Å²) in [6.07, 6.45) is -2.03. The fourth-order valence-electron chi connectivity index (χ4n) is 1.87. The Labute approximate surface area is 137 Å². The van der Waals surface area contributed by atoms with Gasteiger partial charge in [-0.15, -0.1) is 0 Å². The van der Waals surface area contributed by atoms with Crippen LogP contribution < -0.4 is 9.84 Å². The molecule has 2 aromatic rings. The van der Waals surface area contributed by atoms with E-state index in [0.717, 1.165) is 6.07 Å². The Bertz CT molecular complexity index is 757. The Morgan fingerprint density at radius 3 is 2.50 bits per heavy atom. The van der Waals surface area contributed by atoms with Crippen LogP contribution in [0.3, 0.4) is 0 Å². The van der Waals surface area contributed by atoms with Crippen molar-refractivity contribution in [2.24, 2.45) is 4.99 Å². The lowest BCUT2D eigenvalue weighted by atomic mass is 10.1. The average molecular weight is 328 g/mol. The molecule has 0 fully saturated rings. The highest BCUT2D eigenvalue weighted by Gasteiger charge is 2.16. The number of aliphatic imine (C=N–C) groups is 1. The molecule has 7 nitrogen and oxygen atoms in total. The van der Waals surface area contributed by atoms with E-state index >= 15 is 0 Å². The van der Waals surface area contributed by atoms with Gasteiger partial charge in [-0.05, 0) is 29.7 Å². The largest absolute Gasteiger partial charge is 0.862 e. The molecule has 0 radical (unpaired) electrons.